The maximum Gasteiger partial charge on any atom is 0.240 e. The number of anilines is 1. The number of hydrogen-bond acceptors (Lipinski definition) is 7. The molecular formula is C26H25N5O3S. The molecule has 2 heterocycles. The van der Waals surface area contributed by atoms with Gasteiger partial charge in [0, 0.05) is 5.69 Å². The summed E-state index contributed by atoms with van der Waals surface area (Å²) in [6, 6.07) is 26.5. The lowest BCUT2D eigenvalue weighted by Crippen LogP contribution is -2.41. The largest absolute Gasteiger partial charge is 0.494 e. The van der Waals surface area contributed by atoms with E-state index < -0.39 is 5.25 Å². The number of amides is 1. The van der Waals surface area contributed by atoms with Gasteiger partial charge in [0.2, 0.25) is 11.1 Å². The van der Waals surface area contributed by atoms with Gasteiger partial charge in [-0.2, -0.15) is 0 Å². The molecule has 0 bridgehead atoms. The molecule has 3 aromatic carbocycles. The van der Waals surface area contributed by atoms with Gasteiger partial charge in [-0.1, -0.05) is 60.3 Å². The lowest BCUT2D eigenvalue weighted by molar-refractivity contribution is -0.116. The van der Waals surface area contributed by atoms with Gasteiger partial charge in [0.1, 0.15) is 23.4 Å². The first-order chi connectivity index (χ1) is 17.2. The molecule has 0 saturated heterocycles. The third kappa shape index (κ3) is 5.25. The molecular weight excluding hydrogens is 462 g/mol. The SMILES string of the molecule is CCOc1ccc(NC(=O)[C@@H]2Sc3nnc(COc4ccccc4)n3N[C@H]2c2ccccc2)cc1. The molecule has 1 aliphatic rings. The average molecular weight is 488 g/mol. The molecule has 1 aliphatic heterocycles. The van der Waals surface area contributed by atoms with E-state index in [1.807, 2.05) is 96.5 Å². The van der Waals surface area contributed by atoms with Crippen LogP contribution in [0.5, 0.6) is 11.5 Å². The van der Waals surface area contributed by atoms with Crippen LogP contribution in [0.2, 0.25) is 0 Å². The predicted molar refractivity (Wildman–Crippen MR) is 135 cm³/mol. The number of hydrogen-bond donors (Lipinski definition) is 2. The molecule has 8 nitrogen and oxygen atoms in total. The van der Waals surface area contributed by atoms with Crippen LogP contribution in [0.3, 0.4) is 0 Å². The quantitative estimate of drug-likeness (QED) is 0.374. The highest BCUT2D eigenvalue weighted by atomic mass is 32.2. The van der Waals surface area contributed by atoms with Crippen LogP contribution in [0.15, 0.2) is 90.1 Å². The predicted octanol–water partition coefficient (Wildman–Crippen LogP) is 4.65. The highest BCUT2D eigenvalue weighted by molar-refractivity contribution is 8.00. The second-order valence-electron chi connectivity index (χ2n) is 7.84. The topological polar surface area (TPSA) is 90.3 Å². The van der Waals surface area contributed by atoms with Crippen LogP contribution in [0.1, 0.15) is 24.4 Å². The van der Waals surface area contributed by atoms with Gasteiger partial charge >= 0.3 is 0 Å². The van der Waals surface area contributed by atoms with E-state index >= 15 is 0 Å². The van der Waals surface area contributed by atoms with Crippen molar-refractivity contribution in [2.45, 2.75) is 30.0 Å². The number of thioether (sulfide) groups is 1. The van der Waals surface area contributed by atoms with E-state index in [-0.39, 0.29) is 18.6 Å². The molecule has 178 valence electrons. The lowest BCUT2D eigenvalue weighted by atomic mass is 10.0. The Balaban J connectivity index is 1.37. The van der Waals surface area contributed by atoms with Crippen molar-refractivity contribution in [2.24, 2.45) is 0 Å². The highest BCUT2D eigenvalue weighted by Gasteiger charge is 2.38. The van der Waals surface area contributed by atoms with Crippen molar-refractivity contribution in [3.05, 3.63) is 96.3 Å². The molecule has 0 spiro atoms. The van der Waals surface area contributed by atoms with Crippen LogP contribution >= 0.6 is 11.8 Å². The Bertz CT molecular complexity index is 1270. The molecule has 4 aromatic rings. The number of carbonyl (C=O) groups is 1. The van der Waals surface area contributed by atoms with E-state index in [2.05, 4.69) is 20.9 Å². The van der Waals surface area contributed by atoms with Gasteiger partial charge in [-0.3, -0.25) is 4.79 Å². The Hall–Kier alpha value is -3.98. The van der Waals surface area contributed by atoms with E-state index in [1.165, 1.54) is 11.8 Å². The minimum absolute atomic E-state index is 0.128. The average Bonchev–Trinajstić information content (AvgIpc) is 3.31. The molecule has 35 heavy (non-hydrogen) atoms. The number of fused-ring (bicyclic) bond motifs is 1. The van der Waals surface area contributed by atoms with E-state index in [4.69, 9.17) is 9.47 Å². The van der Waals surface area contributed by atoms with Crippen LogP contribution in [-0.2, 0) is 11.4 Å². The summed E-state index contributed by atoms with van der Waals surface area (Å²) in [7, 11) is 0. The fourth-order valence-electron chi connectivity index (χ4n) is 3.78. The highest BCUT2D eigenvalue weighted by Crippen LogP contribution is 2.37. The first-order valence-corrected chi connectivity index (χ1v) is 12.2. The summed E-state index contributed by atoms with van der Waals surface area (Å²) in [5.74, 6) is 2.01. The monoisotopic (exact) mass is 487 g/mol. The standard InChI is InChI=1S/C26H25N5O3S/c1-2-33-21-15-13-19(14-16-21)27-25(32)24-23(18-9-5-3-6-10-18)30-31-22(28-29-26(31)35-24)17-34-20-11-7-4-8-12-20/h3-16,23-24,30H,2,17H2,1H3,(H,27,32)/t23-,24+/m0/s1. The zero-order valence-corrected chi connectivity index (χ0v) is 19.9. The second kappa shape index (κ2) is 10.5. The van der Waals surface area contributed by atoms with Crippen LogP contribution in [0, 0.1) is 0 Å². The number of para-hydroxylation sites is 1. The molecule has 2 N–H and O–H groups in total. The van der Waals surface area contributed by atoms with Crippen molar-refractivity contribution in [1.82, 2.24) is 14.9 Å². The maximum atomic E-state index is 13.4. The summed E-state index contributed by atoms with van der Waals surface area (Å²) in [5.41, 5.74) is 5.14. The van der Waals surface area contributed by atoms with Crippen LogP contribution in [0.4, 0.5) is 5.69 Å². The van der Waals surface area contributed by atoms with Crippen molar-refractivity contribution in [3.8, 4) is 11.5 Å². The number of nitrogens with zero attached hydrogens (tertiary/aromatic N) is 3. The zero-order valence-electron chi connectivity index (χ0n) is 19.1. The second-order valence-corrected chi connectivity index (χ2v) is 8.95. The third-order valence-corrected chi connectivity index (χ3v) is 6.68. The Morgan fingerprint density at radius 2 is 1.63 bits per heavy atom. The summed E-state index contributed by atoms with van der Waals surface area (Å²) in [6.07, 6.45) is 0. The van der Waals surface area contributed by atoms with Crippen LogP contribution < -0.4 is 20.2 Å². The summed E-state index contributed by atoms with van der Waals surface area (Å²) < 4.78 is 13.2. The van der Waals surface area contributed by atoms with Crippen LogP contribution in [0.25, 0.3) is 0 Å². The first-order valence-electron chi connectivity index (χ1n) is 11.4. The van der Waals surface area contributed by atoms with Crippen molar-refractivity contribution < 1.29 is 14.3 Å². The fraction of sp³-hybridized carbons (Fsp3) is 0.192. The molecule has 9 heteroatoms. The molecule has 0 radical (unpaired) electrons. The number of nitrogens with one attached hydrogen (secondary N) is 2. The van der Waals surface area contributed by atoms with Crippen molar-refractivity contribution in [1.29, 1.82) is 0 Å². The number of carbonyl (C=O) groups excluding carboxylic acids is 1. The normalized spacial score (nSPS) is 16.6. The minimum Gasteiger partial charge on any atom is -0.494 e. The number of ether oxygens (including phenoxy) is 2. The summed E-state index contributed by atoms with van der Waals surface area (Å²) in [6.45, 7) is 2.77. The van der Waals surface area contributed by atoms with Crippen molar-refractivity contribution >= 4 is 23.4 Å². The van der Waals surface area contributed by atoms with Crippen LogP contribution in [-0.4, -0.2) is 32.6 Å². The van der Waals surface area contributed by atoms with Gasteiger partial charge < -0.3 is 20.2 Å². The summed E-state index contributed by atoms with van der Waals surface area (Å²) in [4.78, 5) is 13.4. The van der Waals surface area contributed by atoms with Gasteiger partial charge in [0.15, 0.2) is 5.82 Å². The molecule has 5 rings (SSSR count). The Kier molecular flexibility index (Phi) is 6.85. The van der Waals surface area contributed by atoms with Gasteiger partial charge in [-0.25, -0.2) is 4.68 Å². The third-order valence-electron chi connectivity index (χ3n) is 5.46. The van der Waals surface area contributed by atoms with Crippen molar-refractivity contribution in [2.75, 3.05) is 17.3 Å². The van der Waals surface area contributed by atoms with Crippen molar-refractivity contribution in [3.63, 3.8) is 0 Å². The number of benzene rings is 3. The smallest absolute Gasteiger partial charge is 0.240 e. The fourth-order valence-corrected chi connectivity index (χ4v) is 4.88. The van der Waals surface area contributed by atoms with Gasteiger partial charge in [0.25, 0.3) is 0 Å². The molecule has 0 unspecified atom stereocenters. The van der Waals surface area contributed by atoms with Gasteiger partial charge in [-0.05, 0) is 48.9 Å². The molecule has 0 saturated carbocycles. The molecule has 0 aliphatic carbocycles. The Morgan fingerprint density at radius 1 is 0.943 bits per heavy atom. The minimum atomic E-state index is -0.469. The Morgan fingerprint density at radius 3 is 2.34 bits per heavy atom. The maximum absolute atomic E-state index is 13.4. The molecule has 1 aromatic heterocycles. The van der Waals surface area contributed by atoms with E-state index in [9.17, 15) is 4.79 Å². The first kappa shape index (κ1) is 22.8. The molecule has 1 amide bonds. The molecule has 2 atom stereocenters. The van der Waals surface area contributed by atoms with Gasteiger partial charge in [0.05, 0.1) is 12.6 Å². The number of rotatable bonds is 8. The number of aromatic nitrogens is 3. The lowest BCUT2D eigenvalue weighted by Gasteiger charge is -2.33. The summed E-state index contributed by atoms with van der Waals surface area (Å²) in [5, 5.41) is 11.8. The summed E-state index contributed by atoms with van der Waals surface area (Å²) >= 11 is 1.38. The van der Waals surface area contributed by atoms with Gasteiger partial charge in [-0.15, -0.1) is 10.2 Å². The van der Waals surface area contributed by atoms with E-state index in [0.717, 1.165) is 17.1 Å². The van der Waals surface area contributed by atoms with E-state index in [1.54, 1.807) is 0 Å². The Labute approximate surface area is 207 Å². The zero-order chi connectivity index (χ0) is 24.0. The molecule has 0 fully saturated rings. The van der Waals surface area contributed by atoms with E-state index in [0.29, 0.717) is 23.3 Å².